The third-order valence-corrected chi connectivity index (χ3v) is 6.03. The molecule has 6 nitrogen and oxygen atoms in total. The van der Waals surface area contributed by atoms with Crippen molar-refractivity contribution in [2.75, 3.05) is 19.6 Å². The molecule has 1 fully saturated rings. The van der Waals surface area contributed by atoms with Crippen molar-refractivity contribution in [3.8, 4) is 5.69 Å². The number of nitrogens with one attached hydrogen (secondary N) is 1. The van der Waals surface area contributed by atoms with E-state index in [1.165, 1.54) is 22.4 Å². The number of amides is 1. The van der Waals surface area contributed by atoms with Gasteiger partial charge in [-0.1, -0.05) is 35.0 Å². The Bertz CT molecular complexity index is 904. The Balaban J connectivity index is 1.45. The zero-order chi connectivity index (χ0) is 18.6. The first-order valence-electron chi connectivity index (χ1n) is 8.95. The maximum atomic E-state index is 12.6. The van der Waals surface area contributed by atoms with Gasteiger partial charge in [0.15, 0.2) is 5.69 Å². The standard InChI is InChI=1S/C19H20ClN5OS/c20-14-6-1-2-7-16(14)25-13-15(22-23-25)19(26)21-12-17(18-8-5-11-27-18)24-9-3-4-10-24/h1-2,5-8,11,13,17H,3-4,9-10,12H2,(H,21,26). The van der Waals surface area contributed by atoms with Gasteiger partial charge in [-0.25, -0.2) is 4.68 Å². The molecule has 1 N–H and O–H groups in total. The minimum atomic E-state index is -0.228. The first-order chi connectivity index (χ1) is 13.2. The summed E-state index contributed by atoms with van der Waals surface area (Å²) in [6.45, 7) is 2.69. The minimum absolute atomic E-state index is 0.204. The number of thiophene rings is 1. The Labute approximate surface area is 166 Å². The third-order valence-electron chi connectivity index (χ3n) is 4.73. The summed E-state index contributed by atoms with van der Waals surface area (Å²) in [6, 6.07) is 11.7. The fourth-order valence-corrected chi connectivity index (χ4v) is 4.43. The van der Waals surface area contributed by atoms with Crippen molar-refractivity contribution in [2.45, 2.75) is 18.9 Å². The van der Waals surface area contributed by atoms with E-state index in [4.69, 9.17) is 11.6 Å². The number of nitrogens with zero attached hydrogens (tertiary/aromatic N) is 4. The van der Waals surface area contributed by atoms with Crippen molar-refractivity contribution >= 4 is 28.8 Å². The summed E-state index contributed by atoms with van der Waals surface area (Å²) >= 11 is 7.92. The van der Waals surface area contributed by atoms with E-state index in [0.717, 1.165) is 13.1 Å². The zero-order valence-corrected chi connectivity index (χ0v) is 16.3. The maximum Gasteiger partial charge on any atom is 0.273 e. The Morgan fingerprint density at radius 3 is 2.78 bits per heavy atom. The fourth-order valence-electron chi connectivity index (χ4n) is 3.35. The lowest BCUT2D eigenvalue weighted by Gasteiger charge is -2.26. The highest BCUT2D eigenvalue weighted by Gasteiger charge is 2.25. The number of hydrogen-bond acceptors (Lipinski definition) is 5. The highest BCUT2D eigenvalue weighted by atomic mass is 35.5. The van der Waals surface area contributed by atoms with Gasteiger partial charge in [0.1, 0.15) is 0 Å². The molecule has 0 radical (unpaired) electrons. The number of carbonyl (C=O) groups is 1. The molecule has 1 saturated heterocycles. The topological polar surface area (TPSA) is 63.1 Å². The number of para-hydroxylation sites is 1. The van der Waals surface area contributed by atoms with Crippen LogP contribution in [0.1, 0.15) is 34.2 Å². The van der Waals surface area contributed by atoms with E-state index in [-0.39, 0.29) is 17.6 Å². The SMILES string of the molecule is O=C(NCC(c1cccs1)N1CCCC1)c1cn(-c2ccccc2Cl)nn1. The Morgan fingerprint density at radius 2 is 2.04 bits per heavy atom. The molecule has 3 heterocycles. The average molecular weight is 402 g/mol. The quantitative estimate of drug-likeness (QED) is 0.686. The van der Waals surface area contributed by atoms with Gasteiger partial charge in [0.2, 0.25) is 0 Å². The molecular formula is C19H20ClN5OS. The van der Waals surface area contributed by atoms with Gasteiger partial charge in [-0.05, 0) is 49.5 Å². The van der Waals surface area contributed by atoms with Crippen LogP contribution >= 0.6 is 22.9 Å². The molecule has 1 aromatic carbocycles. The molecule has 0 spiro atoms. The van der Waals surface area contributed by atoms with Gasteiger partial charge in [-0.3, -0.25) is 9.69 Å². The van der Waals surface area contributed by atoms with E-state index in [1.807, 2.05) is 18.2 Å². The van der Waals surface area contributed by atoms with Gasteiger partial charge in [0, 0.05) is 11.4 Å². The van der Waals surface area contributed by atoms with Crippen LogP contribution in [0.15, 0.2) is 48.0 Å². The second-order valence-electron chi connectivity index (χ2n) is 6.48. The molecule has 3 aromatic rings. The largest absolute Gasteiger partial charge is 0.349 e. The maximum absolute atomic E-state index is 12.6. The lowest BCUT2D eigenvalue weighted by Crippen LogP contribution is -2.36. The van der Waals surface area contributed by atoms with Crippen molar-refractivity contribution < 1.29 is 4.79 Å². The lowest BCUT2D eigenvalue weighted by atomic mass is 10.2. The fraction of sp³-hybridized carbons (Fsp3) is 0.316. The molecule has 4 rings (SSSR count). The van der Waals surface area contributed by atoms with Crippen LogP contribution in [0.2, 0.25) is 5.02 Å². The van der Waals surface area contributed by atoms with Gasteiger partial charge in [-0.15, -0.1) is 16.4 Å². The van der Waals surface area contributed by atoms with Crippen molar-refractivity contribution in [3.63, 3.8) is 0 Å². The smallest absolute Gasteiger partial charge is 0.273 e. The summed E-state index contributed by atoms with van der Waals surface area (Å²) in [7, 11) is 0. The summed E-state index contributed by atoms with van der Waals surface area (Å²) < 4.78 is 1.52. The van der Waals surface area contributed by atoms with Gasteiger partial charge in [0.05, 0.1) is 22.9 Å². The van der Waals surface area contributed by atoms with Gasteiger partial charge < -0.3 is 5.32 Å². The van der Waals surface area contributed by atoms with Crippen LogP contribution in [0.5, 0.6) is 0 Å². The number of benzene rings is 1. The average Bonchev–Trinajstić information content (AvgIpc) is 3.44. The number of aromatic nitrogens is 3. The third kappa shape index (κ3) is 4.05. The molecule has 0 saturated carbocycles. The number of halogens is 1. The predicted octanol–water partition coefficient (Wildman–Crippen LogP) is 3.55. The molecule has 0 aliphatic carbocycles. The highest BCUT2D eigenvalue weighted by molar-refractivity contribution is 7.10. The molecule has 1 aliphatic heterocycles. The van der Waals surface area contributed by atoms with Gasteiger partial charge >= 0.3 is 0 Å². The van der Waals surface area contributed by atoms with Crippen LogP contribution in [-0.4, -0.2) is 45.4 Å². The van der Waals surface area contributed by atoms with E-state index < -0.39 is 0 Å². The van der Waals surface area contributed by atoms with Crippen LogP contribution in [0, 0.1) is 0 Å². The van der Waals surface area contributed by atoms with Crippen molar-refractivity contribution in [1.82, 2.24) is 25.2 Å². The summed E-state index contributed by atoms with van der Waals surface area (Å²) in [6.07, 6.45) is 4.02. The van der Waals surface area contributed by atoms with Crippen molar-refractivity contribution in [3.05, 3.63) is 63.6 Å². The van der Waals surface area contributed by atoms with E-state index in [2.05, 4.69) is 38.0 Å². The van der Waals surface area contributed by atoms with Crippen LogP contribution in [0.3, 0.4) is 0 Å². The van der Waals surface area contributed by atoms with E-state index in [9.17, 15) is 4.79 Å². The van der Waals surface area contributed by atoms with Crippen LogP contribution in [-0.2, 0) is 0 Å². The predicted molar refractivity (Wildman–Crippen MR) is 107 cm³/mol. The molecule has 1 amide bonds. The summed E-state index contributed by atoms with van der Waals surface area (Å²) in [5, 5.41) is 13.7. The Morgan fingerprint density at radius 1 is 1.22 bits per heavy atom. The van der Waals surface area contributed by atoms with Gasteiger partial charge in [-0.2, -0.15) is 0 Å². The minimum Gasteiger partial charge on any atom is -0.349 e. The number of carbonyl (C=O) groups excluding carboxylic acids is 1. The lowest BCUT2D eigenvalue weighted by molar-refractivity contribution is 0.0933. The molecule has 1 unspecified atom stereocenters. The Hall–Kier alpha value is -2.22. The van der Waals surface area contributed by atoms with E-state index in [0.29, 0.717) is 17.3 Å². The highest BCUT2D eigenvalue weighted by Crippen LogP contribution is 2.28. The molecule has 27 heavy (non-hydrogen) atoms. The normalized spacial score (nSPS) is 15.7. The van der Waals surface area contributed by atoms with Crippen LogP contribution < -0.4 is 5.32 Å². The Kier molecular flexibility index (Phi) is 5.52. The molecule has 140 valence electrons. The summed E-state index contributed by atoms with van der Waals surface area (Å²) in [5.41, 5.74) is 0.973. The van der Waals surface area contributed by atoms with E-state index in [1.54, 1.807) is 23.6 Å². The second-order valence-corrected chi connectivity index (χ2v) is 7.87. The summed E-state index contributed by atoms with van der Waals surface area (Å²) in [4.78, 5) is 16.3. The van der Waals surface area contributed by atoms with Gasteiger partial charge in [0.25, 0.3) is 5.91 Å². The van der Waals surface area contributed by atoms with E-state index >= 15 is 0 Å². The van der Waals surface area contributed by atoms with Crippen molar-refractivity contribution in [2.24, 2.45) is 0 Å². The molecule has 0 bridgehead atoms. The van der Waals surface area contributed by atoms with Crippen LogP contribution in [0.4, 0.5) is 0 Å². The second kappa shape index (κ2) is 8.21. The molecule has 8 heteroatoms. The van der Waals surface area contributed by atoms with Crippen LogP contribution in [0.25, 0.3) is 5.69 Å². The molecule has 2 aromatic heterocycles. The first-order valence-corrected chi connectivity index (χ1v) is 10.2. The molecule has 1 aliphatic rings. The monoisotopic (exact) mass is 401 g/mol. The summed E-state index contributed by atoms with van der Waals surface area (Å²) in [5.74, 6) is -0.228. The number of hydrogen-bond donors (Lipinski definition) is 1. The number of rotatable bonds is 6. The zero-order valence-electron chi connectivity index (χ0n) is 14.7. The molecular weight excluding hydrogens is 382 g/mol. The number of likely N-dealkylation sites (tertiary alicyclic amines) is 1. The first kappa shape index (κ1) is 18.2. The molecule has 1 atom stereocenters. The van der Waals surface area contributed by atoms with Crippen molar-refractivity contribution in [1.29, 1.82) is 0 Å².